The van der Waals surface area contributed by atoms with Crippen LogP contribution in [0.1, 0.15) is 19.3 Å². The lowest BCUT2D eigenvalue weighted by Gasteiger charge is -2.09. The van der Waals surface area contributed by atoms with Crippen LogP contribution >= 0.6 is 31.9 Å². The second-order valence-electron chi connectivity index (χ2n) is 3.44. The molecule has 0 saturated carbocycles. The lowest BCUT2D eigenvalue weighted by molar-refractivity contribution is 0.0992. The third-order valence-corrected chi connectivity index (χ3v) is 3.41. The van der Waals surface area contributed by atoms with Gasteiger partial charge in [0.1, 0.15) is 9.21 Å². The minimum Gasteiger partial charge on any atom is -0.378 e. The molecule has 0 N–H and O–H groups in total. The maximum absolute atomic E-state index is 5.55. The molecule has 0 amide bonds. The SMILES string of the molecule is Brc1cc(Br)n(CCC2CCCO2)n1. The van der Waals surface area contributed by atoms with Gasteiger partial charge in [-0.2, -0.15) is 5.10 Å². The van der Waals surface area contributed by atoms with Gasteiger partial charge < -0.3 is 4.74 Å². The minimum absolute atomic E-state index is 0.435. The molecular weight excluding hydrogens is 312 g/mol. The summed E-state index contributed by atoms with van der Waals surface area (Å²) in [6.45, 7) is 1.84. The van der Waals surface area contributed by atoms with E-state index in [-0.39, 0.29) is 0 Å². The third-order valence-electron chi connectivity index (χ3n) is 2.39. The molecule has 1 saturated heterocycles. The van der Waals surface area contributed by atoms with Crippen molar-refractivity contribution in [3.63, 3.8) is 0 Å². The molecule has 3 nitrogen and oxygen atoms in total. The Bertz CT molecular complexity index is 308. The molecule has 1 unspecified atom stereocenters. The van der Waals surface area contributed by atoms with Gasteiger partial charge in [-0.05, 0) is 51.1 Å². The van der Waals surface area contributed by atoms with Crippen LogP contribution in [-0.2, 0) is 11.3 Å². The predicted octanol–water partition coefficient (Wildman–Crippen LogP) is 2.98. The van der Waals surface area contributed by atoms with E-state index in [2.05, 4.69) is 37.0 Å². The van der Waals surface area contributed by atoms with Crippen molar-refractivity contribution in [1.29, 1.82) is 0 Å². The number of halogens is 2. The molecule has 0 aromatic carbocycles. The number of hydrogen-bond donors (Lipinski definition) is 0. The number of hydrogen-bond acceptors (Lipinski definition) is 2. The average Bonchev–Trinajstić information content (AvgIpc) is 2.72. The number of aromatic nitrogens is 2. The van der Waals surface area contributed by atoms with Gasteiger partial charge in [0, 0.05) is 19.2 Å². The van der Waals surface area contributed by atoms with Gasteiger partial charge >= 0.3 is 0 Å². The summed E-state index contributed by atoms with van der Waals surface area (Å²) in [4.78, 5) is 0. The summed E-state index contributed by atoms with van der Waals surface area (Å²) < 4.78 is 9.39. The Kier molecular flexibility index (Phi) is 3.62. The molecule has 2 rings (SSSR count). The number of nitrogens with zero attached hydrogens (tertiary/aromatic N) is 2. The smallest absolute Gasteiger partial charge is 0.129 e. The van der Waals surface area contributed by atoms with Crippen LogP contribution < -0.4 is 0 Å². The first-order valence-corrected chi connectivity index (χ1v) is 6.35. The van der Waals surface area contributed by atoms with E-state index < -0.39 is 0 Å². The lowest BCUT2D eigenvalue weighted by atomic mass is 10.2. The summed E-state index contributed by atoms with van der Waals surface area (Å²) >= 11 is 6.80. The first-order chi connectivity index (χ1) is 6.75. The molecule has 1 aromatic rings. The molecule has 1 aliphatic rings. The van der Waals surface area contributed by atoms with E-state index in [9.17, 15) is 0 Å². The summed E-state index contributed by atoms with van der Waals surface area (Å²) in [6.07, 6.45) is 3.88. The topological polar surface area (TPSA) is 27.1 Å². The number of aryl methyl sites for hydroxylation is 1. The summed E-state index contributed by atoms with van der Waals surface area (Å²) in [5, 5.41) is 4.30. The maximum Gasteiger partial charge on any atom is 0.129 e. The molecule has 1 fully saturated rings. The van der Waals surface area contributed by atoms with E-state index in [1.54, 1.807) is 0 Å². The van der Waals surface area contributed by atoms with Gasteiger partial charge in [0.25, 0.3) is 0 Å². The Morgan fingerprint density at radius 1 is 1.57 bits per heavy atom. The Balaban J connectivity index is 1.87. The first kappa shape index (κ1) is 10.6. The van der Waals surface area contributed by atoms with Crippen molar-refractivity contribution in [2.75, 3.05) is 6.61 Å². The molecule has 0 bridgehead atoms. The van der Waals surface area contributed by atoms with Crippen molar-refractivity contribution in [3.8, 4) is 0 Å². The molecule has 1 aliphatic heterocycles. The quantitative estimate of drug-likeness (QED) is 0.855. The van der Waals surface area contributed by atoms with E-state index in [1.807, 2.05) is 10.7 Å². The average molecular weight is 324 g/mol. The fourth-order valence-corrected chi connectivity index (χ4v) is 2.85. The van der Waals surface area contributed by atoms with Crippen LogP contribution in [-0.4, -0.2) is 22.5 Å². The Morgan fingerprint density at radius 3 is 3.00 bits per heavy atom. The zero-order chi connectivity index (χ0) is 9.97. The van der Waals surface area contributed by atoms with Gasteiger partial charge in [0.05, 0.1) is 6.10 Å². The highest BCUT2D eigenvalue weighted by Crippen LogP contribution is 2.20. The lowest BCUT2D eigenvalue weighted by Crippen LogP contribution is -2.11. The molecule has 78 valence electrons. The number of rotatable bonds is 3. The van der Waals surface area contributed by atoms with Crippen LogP contribution in [0.15, 0.2) is 15.3 Å². The third kappa shape index (κ3) is 2.58. The van der Waals surface area contributed by atoms with Crippen LogP contribution in [0.2, 0.25) is 0 Å². The fraction of sp³-hybridized carbons (Fsp3) is 0.667. The van der Waals surface area contributed by atoms with Crippen molar-refractivity contribution < 1.29 is 4.74 Å². The van der Waals surface area contributed by atoms with Crippen LogP contribution in [0.5, 0.6) is 0 Å². The van der Waals surface area contributed by atoms with E-state index in [1.165, 1.54) is 12.8 Å². The Hall–Kier alpha value is 0.130. The highest BCUT2D eigenvalue weighted by atomic mass is 79.9. The van der Waals surface area contributed by atoms with Crippen molar-refractivity contribution in [2.45, 2.75) is 31.9 Å². The monoisotopic (exact) mass is 322 g/mol. The minimum atomic E-state index is 0.435. The van der Waals surface area contributed by atoms with Gasteiger partial charge in [-0.3, -0.25) is 4.68 Å². The van der Waals surface area contributed by atoms with Crippen molar-refractivity contribution in [3.05, 3.63) is 15.3 Å². The maximum atomic E-state index is 5.55. The zero-order valence-electron chi connectivity index (χ0n) is 7.75. The van der Waals surface area contributed by atoms with E-state index in [0.717, 1.165) is 28.8 Å². The van der Waals surface area contributed by atoms with Crippen LogP contribution in [0.25, 0.3) is 0 Å². The first-order valence-electron chi connectivity index (χ1n) is 4.76. The fourth-order valence-electron chi connectivity index (χ4n) is 1.66. The molecule has 0 radical (unpaired) electrons. The second-order valence-corrected chi connectivity index (χ2v) is 5.06. The van der Waals surface area contributed by atoms with Crippen LogP contribution in [0, 0.1) is 0 Å². The summed E-state index contributed by atoms with van der Waals surface area (Å²) in [6, 6.07) is 1.95. The summed E-state index contributed by atoms with van der Waals surface area (Å²) in [5.41, 5.74) is 0. The molecule has 0 aliphatic carbocycles. The zero-order valence-corrected chi connectivity index (χ0v) is 10.9. The molecule has 2 heterocycles. The molecule has 1 aromatic heterocycles. The predicted molar refractivity (Wildman–Crippen MR) is 61.2 cm³/mol. The van der Waals surface area contributed by atoms with Crippen molar-refractivity contribution in [2.24, 2.45) is 0 Å². The van der Waals surface area contributed by atoms with Crippen molar-refractivity contribution >= 4 is 31.9 Å². The van der Waals surface area contributed by atoms with Crippen molar-refractivity contribution in [1.82, 2.24) is 9.78 Å². The molecule has 0 spiro atoms. The number of ether oxygens (including phenoxy) is 1. The van der Waals surface area contributed by atoms with E-state index in [0.29, 0.717) is 6.10 Å². The Morgan fingerprint density at radius 2 is 2.43 bits per heavy atom. The highest BCUT2D eigenvalue weighted by Gasteiger charge is 2.15. The van der Waals surface area contributed by atoms with Gasteiger partial charge in [-0.15, -0.1) is 0 Å². The second kappa shape index (κ2) is 4.77. The summed E-state index contributed by atoms with van der Waals surface area (Å²) in [7, 11) is 0. The molecule has 5 heteroatoms. The standard InChI is InChI=1S/C9H12Br2N2O/c10-8-6-9(11)13(12-8)4-3-7-2-1-5-14-7/h6-7H,1-5H2. The van der Waals surface area contributed by atoms with Gasteiger partial charge in [-0.1, -0.05) is 0 Å². The largest absolute Gasteiger partial charge is 0.378 e. The van der Waals surface area contributed by atoms with E-state index >= 15 is 0 Å². The summed E-state index contributed by atoms with van der Waals surface area (Å²) in [5.74, 6) is 0. The van der Waals surface area contributed by atoms with Gasteiger partial charge in [-0.25, -0.2) is 0 Å². The Labute approximate surface area is 100 Å². The van der Waals surface area contributed by atoms with Gasteiger partial charge in [0.15, 0.2) is 0 Å². The normalized spacial score (nSPS) is 21.7. The molecular formula is C9H12Br2N2O. The van der Waals surface area contributed by atoms with Gasteiger partial charge in [0.2, 0.25) is 0 Å². The van der Waals surface area contributed by atoms with E-state index in [4.69, 9.17) is 4.74 Å². The molecule has 1 atom stereocenters. The van der Waals surface area contributed by atoms with Crippen LogP contribution in [0.4, 0.5) is 0 Å². The van der Waals surface area contributed by atoms with Crippen LogP contribution in [0.3, 0.4) is 0 Å². The molecule has 14 heavy (non-hydrogen) atoms. The highest BCUT2D eigenvalue weighted by molar-refractivity contribution is 9.11.